The highest BCUT2D eigenvalue weighted by molar-refractivity contribution is 7.93. The van der Waals surface area contributed by atoms with E-state index in [1.807, 2.05) is 0 Å². The number of anilines is 1. The average Bonchev–Trinajstić information content (AvgIpc) is 2.34. The molecule has 18 heavy (non-hydrogen) atoms. The quantitative estimate of drug-likeness (QED) is 0.863. The number of hydrogen-bond donors (Lipinski definition) is 1. The molecule has 1 saturated carbocycles. The zero-order valence-electron chi connectivity index (χ0n) is 9.70. The topological polar surface area (TPSA) is 59.1 Å². The van der Waals surface area contributed by atoms with Gasteiger partial charge in [0.1, 0.15) is 5.69 Å². The van der Waals surface area contributed by atoms with Crippen LogP contribution in [0.4, 0.5) is 14.5 Å². The first-order valence-electron chi connectivity index (χ1n) is 5.83. The van der Waals surface area contributed by atoms with E-state index in [4.69, 9.17) is 0 Å². The predicted molar refractivity (Wildman–Crippen MR) is 63.6 cm³/mol. The Labute approximate surface area is 104 Å². The molecule has 1 fully saturated rings. The molecule has 0 aliphatic heterocycles. The molecule has 4 nitrogen and oxygen atoms in total. The van der Waals surface area contributed by atoms with Gasteiger partial charge in [0.05, 0.1) is 5.25 Å². The summed E-state index contributed by atoms with van der Waals surface area (Å²) in [4.78, 5) is 2.94. The Morgan fingerprint density at radius 3 is 2.44 bits per heavy atom. The van der Waals surface area contributed by atoms with Gasteiger partial charge >= 0.3 is 0 Å². The van der Waals surface area contributed by atoms with Gasteiger partial charge in [-0.25, -0.2) is 8.42 Å². The van der Waals surface area contributed by atoms with Crippen molar-refractivity contribution in [2.24, 2.45) is 0 Å². The smallest absolute Gasteiger partial charge is 0.239 e. The number of pyridine rings is 1. The highest BCUT2D eigenvalue weighted by Gasteiger charge is 2.28. The number of rotatable bonds is 3. The lowest BCUT2D eigenvalue weighted by Gasteiger charge is -2.22. The van der Waals surface area contributed by atoms with Crippen molar-refractivity contribution in [2.75, 3.05) is 4.72 Å². The second-order valence-corrected chi connectivity index (χ2v) is 6.34. The lowest BCUT2D eigenvalue weighted by atomic mass is 10.0. The molecule has 1 aromatic rings. The van der Waals surface area contributed by atoms with Crippen LogP contribution < -0.4 is 4.72 Å². The zero-order valence-corrected chi connectivity index (χ0v) is 10.5. The second kappa shape index (κ2) is 5.17. The summed E-state index contributed by atoms with van der Waals surface area (Å²) >= 11 is 0. The van der Waals surface area contributed by atoms with E-state index in [0.29, 0.717) is 12.8 Å². The molecule has 1 N–H and O–H groups in total. The van der Waals surface area contributed by atoms with E-state index < -0.39 is 27.2 Å². The van der Waals surface area contributed by atoms with Gasteiger partial charge < -0.3 is 0 Å². The maximum absolute atomic E-state index is 13.3. The largest absolute Gasteiger partial charge is 0.279 e. The van der Waals surface area contributed by atoms with Gasteiger partial charge in [0.2, 0.25) is 21.9 Å². The maximum atomic E-state index is 13.3. The Hall–Kier alpha value is -1.24. The summed E-state index contributed by atoms with van der Waals surface area (Å²) in [5.41, 5.74) is -0.304. The third-order valence-electron chi connectivity index (χ3n) is 3.06. The molecule has 2 rings (SSSR count). The van der Waals surface area contributed by atoms with Gasteiger partial charge in [0.15, 0.2) is 0 Å². The molecule has 1 aliphatic rings. The second-order valence-electron chi connectivity index (χ2n) is 4.38. The van der Waals surface area contributed by atoms with Gasteiger partial charge in [-0.3, -0.25) is 4.72 Å². The SMILES string of the molecule is O=S(=O)(Nc1ccc(F)nc1F)C1CCCCC1. The number of sulfonamides is 1. The van der Waals surface area contributed by atoms with Crippen molar-refractivity contribution >= 4 is 15.7 Å². The fraction of sp³-hybridized carbons (Fsp3) is 0.545. The standard InChI is InChI=1S/C11H14F2N2O2S/c12-10-7-6-9(11(13)14-10)15-18(16,17)8-4-2-1-3-5-8/h6-8,15H,1-5H2. The van der Waals surface area contributed by atoms with E-state index in [1.165, 1.54) is 0 Å². The van der Waals surface area contributed by atoms with Gasteiger partial charge in [-0.05, 0) is 25.0 Å². The van der Waals surface area contributed by atoms with E-state index in [1.54, 1.807) is 0 Å². The molecule has 0 spiro atoms. The van der Waals surface area contributed by atoms with Gasteiger partial charge in [-0.15, -0.1) is 0 Å². The van der Waals surface area contributed by atoms with Crippen LogP contribution in [0.15, 0.2) is 12.1 Å². The molecule has 0 radical (unpaired) electrons. The first-order valence-corrected chi connectivity index (χ1v) is 7.37. The molecule has 0 bridgehead atoms. The molecule has 1 aliphatic carbocycles. The number of aromatic nitrogens is 1. The van der Waals surface area contributed by atoms with E-state index in [0.717, 1.165) is 31.4 Å². The minimum absolute atomic E-state index is 0.304. The molecular formula is C11H14F2N2O2S. The van der Waals surface area contributed by atoms with Crippen LogP contribution in [0.1, 0.15) is 32.1 Å². The van der Waals surface area contributed by atoms with Crippen LogP contribution in [0.25, 0.3) is 0 Å². The van der Waals surface area contributed by atoms with Gasteiger partial charge in [0.25, 0.3) is 0 Å². The summed E-state index contributed by atoms with van der Waals surface area (Å²) in [5.74, 6) is -2.12. The van der Waals surface area contributed by atoms with E-state index >= 15 is 0 Å². The average molecular weight is 276 g/mol. The molecule has 0 unspecified atom stereocenters. The summed E-state index contributed by atoms with van der Waals surface area (Å²) in [5, 5.41) is -0.504. The van der Waals surface area contributed by atoms with Crippen molar-refractivity contribution in [1.82, 2.24) is 4.98 Å². The molecule has 100 valence electrons. The molecule has 1 aromatic heterocycles. The Morgan fingerprint density at radius 2 is 1.83 bits per heavy atom. The molecular weight excluding hydrogens is 262 g/mol. The van der Waals surface area contributed by atoms with Crippen LogP contribution in [0.5, 0.6) is 0 Å². The van der Waals surface area contributed by atoms with Gasteiger partial charge in [-0.1, -0.05) is 19.3 Å². The van der Waals surface area contributed by atoms with Crippen LogP contribution >= 0.6 is 0 Å². The predicted octanol–water partition coefficient (Wildman–Crippen LogP) is 2.43. The lowest BCUT2D eigenvalue weighted by Crippen LogP contribution is -2.30. The van der Waals surface area contributed by atoms with Crippen molar-refractivity contribution in [2.45, 2.75) is 37.4 Å². The van der Waals surface area contributed by atoms with E-state index in [-0.39, 0.29) is 5.69 Å². The van der Waals surface area contributed by atoms with Crippen molar-refractivity contribution in [1.29, 1.82) is 0 Å². The number of nitrogens with zero attached hydrogens (tertiary/aromatic N) is 1. The lowest BCUT2D eigenvalue weighted by molar-refractivity contribution is 0.485. The van der Waals surface area contributed by atoms with Gasteiger partial charge in [-0.2, -0.15) is 13.8 Å². The minimum atomic E-state index is -3.62. The third-order valence-corrected chi connectivity index (χ3v) is 4.91. The summed E-state index contributed by atoms with van der Waals surface area (Å²) in [6, 6.07) is 1.96. The normalized spacial score (nSPS) is 17.7. The van der Waals surface area contributed by atoms with Crippen molar-refractivity contribution < 1.29 is 17.2 Å². The molecule has 0 saturated heterocycles. The van der Waals surface area contributed by atoms with Crippen LogP contribution in [0.3, 0.4) is 0 Å². The van der Waals surface area contributed by atoms with Crippen molar-refractivity contribution in [3.05, 3.63) is 24.0 Å². The Morgan fingerprint density at radius 1 is 1.17 bits per heavy atom. The van der Waals surface area contributed by atoms with Crippen molar-refractivity contribution in [3.8, 4) is 0 Å². The molecule has 0 atom stereocenters. The Kier molecular flexibility index (Phi) is 3.79. The van der Waals surface area contributed by atoms with Crippen LogP contribution in [-0.4, -0.2) is 18.7 Å². The summed E-state index contributed by atoms with van der Waals surface area (Å²) < 4.78 is 52.0. The minimum Gasteiger partial charge on any atom is -0.279 e. The first kappa shape index (κ1) is 13.2. The number of hydrogen-bond acceptors (Lipinski definition) is 3. The molecule has 0 amide bonds. The third kappa shape index (κ3) is 2.95. The van der Waals surface area contributed by atoms with E-state index in [9.17, 15) is 17.2 Å². The van der Waals surface area contributed by atoms with Crippen LogP contribution in [0, 0.1) is 11.9 Å². The Balaban J connectivity index is 2.16. The maximum Gasteiger partial charge on any atom is 0.239 e. The monoisotopic (exact) mass is 276 g/mol. The number of nitrogens with one attached hydrogen (secondary N) is 1. The summed E-state index contributed by atoms with van der Waals surface area (Å²) in [6.07, 6.45) is 3.89. The van der Waals surface area contributed by atoms with Gasteiger partial charge in [0, 0.05) is 0 Å². The highest BCUT2D eigenvalue weighted by Crippen LogP contribution is 2.25. The fourth-order valence-electron chi connectivity index (χ4n) is 2.10. The number of halogens is 2. The fourth-order valence-corrected chi connectivity index (χ4v) is 3.68. The summed E-state index contributed by atoms with van der Waals surface area (Å²) in [7, 11) is -3.62. The van der Waals surface area contributed by atoms with E-state index in [2.05, 4.69) is 9.71 Å². The first-order chi connectivity index (χ1) is 8.49. The Bertz CT molecular complexity index is 528. The highest BCUT2D eigenvalue weighted by atomic mass is 32.2. The van der Waals surface area contributed by atoms with Crippen LogP contribution in [0.2, 0.25) is 0 Å². The molecule has 0 aromatic carbocycles. The van der Waals surface area contributed by atoms with Crippen LogP contribution in [-0.2, 0) is 10.0 Å². The van der Waals surface area contributed by atoms with Crippen molar-refractivity contribution in [3.63, 3.8) is 0 Å². The molecule has 7 heteroatoms. The summed E-state index contributed by atoms with van der Waals surface area (Å²) in [6.45, 7) is 0. The zero-order chi connectivity index (χ0) is 13.2. The molecule has 1 heterocycles.